The Morgan fingerprint density at radius 3 is 2.59 bits per heavy atom. The molecule has 0 heterocycles. The molecule has 0 saturated carbocycles. The minimum Gasteiger partial charge on any atom is -0.383 e. The fourth-order valence-corrected chi connectivity index (χ4v) is 3.81. The van der Waals surface area contributed by atoms with Crippen LogP contribution in [0.1, 0.15) is 24.1 Å². The first-order valence-electron chi connectivity index (χ1n) is 9.16. The molecule has 2 rings (SSSR count). The van der Waals surface area contributed by atoms with Crippen molar-refractivity contribution < 1.29 is 13.2 Å². The Bertz CT molecular complexity index is 918. The first-order chi connectivity index (χ1) is 13.9. The van der Waals surface area contributed by atoms with E-state index in [9.17, 15) is 8.42 Å². The van der Waals surface area contributed by atoms with Crippen LogP contribution in [0.4, 0.5) is 0 Å². The second kappa shape index (κ2) is 11.2. The molecule has 0 amide bonds. The maximum absolute atomic E-state index is 12.3. The van der Waals surface area contributed by atoms with Gasteiger partial charge in [-0.25, -0.2) is 13.1 Å². The van der Waals surface area contributed by atoms with E-state index in [-0.39, 0.29) is 17.5 Å². The van der Waals surface area contributed by atoms with Crippen molar-refractivity contribution >= 4 is 27.6 Å². The van der Waals surface area contributed by atoms with Gasteiger partial charge in [0.1, 0.15) is 0 Å². The van der Waals surface area contributed by atoms with Crippen molar-refractivity contribution in [3.8, 4) is 0 Å². The predicted molar refractivity (Wildman–Crippen MR) is 117 cm³/mol. The van der Waals surface area contributed by atoms with E-state index >= 15 is 0 Å². The van der Waals surface area contributed by atoms with Crippen molar-refractivity contribution in [2.24, 2.45) is 4.99 Å². The molecule has 9 heteroatoms. The van der Waals surface area contributed by atoms with Crippen LogP contribution in [-0.4, -0.2) is 41.7 Å². The number of sulfonamides is 1. The molecule has 2 aromatic rings. The Kier molecular flexibility index (Phi) is 8.91. The van der Waals surface area contributed by atoms with Crippen LogP contribution in [-0.2, 0) is 21.3 Å². The molecule has 0 spiro atoms. The van der Waals surface area contributed by atoms with Crippen molar-refractivity contribution in [2.45, 2.75) is 24.4 Å². The molecule has 0 aliphatic rings. The molecule has 0 fully saturated rings. The summed E-state index contributed by atoms with van der Waals surface area (Å²) in [6.45, 7) is 2.98. The van der Waals surface area contributed by atoms with Gasteiger partial charge in [-0.05, 0) is 42.3 Å². The summed E-state index contributed by atoms with van der Waals surface area (Å²) in [5, 5.41) is 7.20. The maximum atomic E-state index is 12.3. The van der Waals surface area contributed by atoms with Crippen LogP contribution in [0.15, 0.2) is 58.4 Å². The van der Waals surface area contributed by atoms with Crippen molar-refractivity contribution in [2.75, 3.05) is 27.3 Å². The molecular formula is C20H27ClN4O3S. The van der Waals surface area contributed by atoms with E-state index in [4.69, 9.17) is 16.3 Å². The lowest BCUT2D eigenvalue weighted by atomic mass is 10.1. The second-order valence-electron chi connectivity index (χ2n) is 6.38. The third kappa shape index (κ3) is 7.32. The van der Waals surface area contributed by atoms with Gasteiger partial charge in [0.15, 0.2) is 5.96 Å². The predicted octanol–water partition coefficient (Wildman–Crippen LogP) is 2.69. The Morgan fingerprint density at radius 1 is 1.21 bits per heavy atom. The highest BCUT2D eigenvalue weighted by Crippen LogP contribution is 2.16. The highest BCUT2D eigenvalue weighted by Gasteiger charge is 2.14. The maximum Gasteiger partial charge on any atom is 0.240 e. The fraction of sp³-hybridized carbons (Fsp3) is 0.350. The molecule has 1 atom stereocenters. The molecular weight excluding hydrogens is 412 g/mol. The van der Waals surface area contributed by atoms with Gasteiger partial charge in [-0.1, -0.05) is 35.9 Å². The first kappa shape index (κ1) is 23.2. The number of aliphatic imine (C=N–C) groups is 1. The lowest BCUT2D eigenvalue weighted by Gasteiger charge is -2.18. The Hall–Kier alpha value is -2.13. The van der Waals surface area contributed by atoms with E-state index in [1.54, 1.807) is 25.2 Å². The van der Waals surface area contributed by atoms with Crippen molar-refractivity contribution in [1.29, 1.82) is 0 Å². The van der Waals surface area contributed by atoms with Gasteiger partial charge >= 0.3 is 0 Å². The Balaban J connectivity index is 1.98. The average molecular weight is 439 g/mol. The largest absolute Gasteiger partial charge is 0.383 e. The summed E-state index contributed by atoms with van der Waals surface area (Å²) < 4.78 is 32.1. The summed E-state index contributed by atoms with van der Waals surface area (Å²) in [4.78, 5) is 4.44. The lowest BCUT2D eigenvalue weighted by Crippen LogP contribution is -2.38. The monoisotopic (exact) mass is 438 g/mol. The van der Waals surface area contributed by atoms with Crippen LogP contribution in [0.25, 0.3) is 0 Å². The zero-order valence-electron chi connectivity index (χ0n) is 16.8. The number of halogens is 1. The van der Waals surface area contributed by atoms with Gasteiger partial charge in [-0.3, -0.25) is 4.99 Å². The summed E-state index contributed by atoms with van der Waals surface area (Å²) in [6.07, 6.45) is 0. The van der Waals surface area contributed by atoms with Crippen LogP contribution in [0, 0.1) is 0 Å². The zero-order chi connectivity index (χ0) is 21.3. The normalized spacial score (nSPS) is 13.2. The lowest BCUT2D eigenvalue weighted by molar-refractivity contribution is 0.204. The summed E-state index contributed by atoms with van der Waals surface area (Å²) in [5.74, 6) is 0.610. The average Bonchev–Trinajstić information content (AvgIpc) is 2.71. The molecule has 29 heavy (non-hydrogen) atoms. The smallest absolute Gasteiger partial charge is 0.240 e. The quantitative estimate of drug-likeness (QED) is 0.318. The topological polar surface area (TPSA) is 91.8 Å². The van der Waals surface area contributed by atoms with Gasteiger partial charge in [0.05, 0.1) is 17.5 Å². The number of hydrogen-bond donors (Lipinski definition) is 3. The molecule has 158 valence electrons. The SMILES string of the molecule is CN=C(NCc1cccc(S(=O)(=O)NCCOC)c1)NC(C)c1ccc(Cl)cc1. The number of nitrogens with zero attached hydrogens (tertiary/aromatic N) is 1. The van der Waals surface area contributed by atoms with Gasteiger partial charge < -0.3 is 15.4 Å². The van der Waals surface area contributed by atoms with Crippen LogP contribution in [0.2, 0.25) is 5.02 Å². The molecule has 7 nitrogen and oxygen atoms in total. The van der Waals surface area contributed by atoms with Crippen molar-refractivity contribution in [3.05, 3.63) is 64.7 Å². The summed E-state index contributed by atoms with van der Waals surface area (Å²) in [6, 6.07) is 14.4. The first-order valence-corrected chi connectivity index (χ1v) is 11.0. The molecule has 0 radical (unpaired) electrons. The number of guanidine groups is 1. The highest BCUT2D eigenvalue weighted by molar-refractivity contribution is 7.89. The Morgan fingerprint density at radius 2 is 1.93 bits per heavy atom. The minimum atomic E-state index is -3.57. The molecule has 0 saturated heterocycles. The number of nitrogens with one attached hydrogen (secondary N) is 3. The fourth-order valence-electron chi connectivity index (χ4n) is 2.60. The van der Waals surface area contributed by atoms with Gasteiger partial charge in [0.2, 0.25) is 10.0 Å². The van der Waals surface area contributed by atoms with Crippen LogP contribution in [0.5, 0.6) is 0 Å². The number of hydrogen-bond acceptors (Lipinski definition) is 4. The van der Waals surface area contributed by atoms with Gasteiger partial charge in [-0.2, -0.15) is 0 Å². The second-order valence-corrected chi connectivity index (χ2v) is 8.58. The third-order valence-corrected chi connectivity index (χ3v) is 5.92. The minimum absolute atomic E-state index is 0.0233. The molecule has 3 N–H and O–H groups in total. The molecule has 0 aromatic heterocycles. The molecule has 2 aromatic carbocycles. The van der Waals surface area contributed by atoms with Gasteiger partial charge in [0, 0.05) is 32.3 Å². The van der Waals surface area contributed by atoms with Gasteiger partial charge in [-0.15, -0.1) is 0 Å². The number of methoxy groups -OCH3 is 1. The van der Waals surface area contributed by atoms with E-state index < -0.39 is 10.0 Å². The standard InChI is InChI=1S/C20H27ClN4O3S/c1-15(17-7-9-18(21)10-8-17)25-20(22-2)23-14-16-5-4-6-19(13-16)29(26,27)24-11-12-28-3/h4-10,13,15,24H,11-12,14H2,1-3H3,(H2,22,23,25). The van der Waals surface area contributed by atoms with Crippen LogP contribution in [0.3, 0.4) is 0 Å². The van der Waals surface area contributed by atoms with Crippen LogP contribution < -0.4 is 15.4 Å². The highest BCUT2D eigenvalue weighted by atomic mass is 35.5. The van der Waals surface area contributed by atoms with E-state index in [0.717, 1.165) is 11.1 Å². The summed E-state index contributed by atoms with van der Waals surface area (Å²) >= 11 is 5.94. The Labute approximate surface area is 177 Å². The number of ether oxygens (including phenoxy) is 1. The van der Waals surface area contributed by atoms with Crippen LogP contribution >= 0.6 is 11.6 Å². The summed E-state index contributed by atoms with van der Waals surface area (Å²) in [7, 11) is -0.364. The van der Waals surface area contributed by atoms with E-state index in [1.807, 2.05) is 37.3 Å². The molecule has 0 bridgehead atoms. The number of rotatable bonds is 9. The van der Waals surface area contributed by atoms with E-state index in [1.165, 1.54) is 7.11 Å². The van der Waals surface area contributed by atoms with Crippen molar-refractivity contribution in [3.63, 3.8) is 0 Å². The van der Waals surface area contributed by atoms with E-state index in [2.05, 4.69) is 20.3 Å². The van der Waals surface area contributed by atoms with Crippen molar-refractivity contribution in [1.82, 2.24) is 15.4 Å². The van der Waals surface area contributed by atoms with Gasteiger partial charge in [0.25, 0.3) is 0 Å². The zero-order valence-corrected chi connectivity index (χ0v) is 18.3. The van der Waals surface area contributed by atoms with E-state index in [0.29, 0.717) is 24.1 Å². The third-order valence-electron chi connectivity index (χ3n) is 4.21. The molecule has 0 aliphatic heterocycles. The molecule has 0 aliphatic carbocycles. The molecule has 1 unspecified atom stereocenters. The summed E-state index contributed by atoms with van der Waals surface area (Å²) in [5.41, 5.74) is 1.90. The number of benzene rings is 2.